The van der Waals surface area contributed by atoms with Crippen molar-refractivity contribution in [1.82, 2.24) is 15.3 Å². The van der Waals surface area contributed by atoms with E-state index in [-0.39, 0.29) is 22.5 Å². The Morgan fingerprint density at radius 2 is 2.00 bits per heavy atom. The molecule has 2 aromatic rings. The third-order valence-electron chi connectivity index (χ3n) is 6.60. The summed E-state index contributed by atoms with van der Waals surface area (Å²) in [5.74, 6) is -0.464. The highest BCUT2D eigenvalue weighted by Gasteiger charge is 2.42. The Hall–Kier alpha value is -2.70. The summed E-state index contributed by atoms with van der Waals surface area (Å²) in [5, 5.41) is 15.0. The van der Waals surface area contributed by atoms with Gasteiger partial charge in [-0.05, 0) is 58.7 Å². The highest BCUT2D eigenvalue weighted by atomic mass is 79.9. The van der Waals surface area contributed by atoms with Crippen molar-refractivity contribution in [2.45, 2.75) is 57.5 Å². The van der Waals surface area contributed by atoms with Gasteiger partial charge in [-0.25, -0.2) is 9.78 Å². The zero-order valence-electron chi connectivity index (χ0n) is 20.6. The lowest BCUT2D eigenvalue weighted by Gasteiger charge is -2.45. The van der Waals surface area contributed by atoms with Gasteiger partial charge in [-0.3, -0.25) is 9.78 Å². The van der Waals surface area contributed by atoms with Gasteiger partial charge in [-0.15, -0.1) is 0 Å². The summed E-state index contributed by atoms with van der Waals surface area (Å²) >= 11 is 3.26. The number of nitrogens with one attached hydrogen (secondary N) is 2. The Bertz CT molecular complexity index is 1090. The second-order valence-electron chi connectivity index (χ2n) is 10.1. The number of hydrogen-bond donors (Lipinski definition) is 4. The van der Waals surface area contributed by atoms with E-state index in [1.807, 2.05) is 4.90 Å². The number of pyridine rings is 2. The number of amides is 2. The number of piperidine rings is 1. The number of nitrogens with zero attached hydrogens (tertiary/aromatic N) is 3. The lowest BCUT2D eigenvalue weighted by Crippen LogP contribution is -2.59. The number of aromatic nitrogens is 2. The molecule has 12 heteroatoms. The largest absolute Gasteiger partial charge is 0.465 e. The van der Waals surface area contributed by atoms with Gasteiger partial charge in [-0.2, -0.15) is 0 Å². The minimum atomic E-state index is -2.11. The molecule has 2 aromatic heterocycles. The standard InChI is InChI=1S/C23H33BrN6O4Si/c1-23(2,3)35(4,5)34-18-9-11-30(13-16(18)28-22(32)33)17-8-10-26-12-15(17)27-21(31)20-14(25)6-7-19(24)29-20/h6-8,10,12,16,18,28H,9,11,13,25H2,1-5H3,(H,27,31)(H,32,33). The van der Waals surface area contributed by atoms with Crippen LogP contribution in [-0.2, 0) is 4.43 Å². The summed E-state index contributed by atoms with van der Waals surface area (Å²) in [6.45, 7) is 11.8. The smallest absolute Gasteiger partial charge is 0.405 e. The molecule has 2 atom stereocenters. The number of nitrogens with two attached hydrogens (primary N) is 1. The van der Waals surface area contributed by atoms with E-state index >= 15 is 0 Å². The minimum Gasteiger partial charge on any atom is -0.465 e. The number of anilines is 3. The SMILES string of the molecule is CC(C)(C)[Si](C)(C)OC1CCN(c2ccncc2NC(=O)c2nc(Br)ccc2N)CC1NC(=O)O. The zero-order chi connectivity index (χ0) is 26.0. The van der Waals surface area contributed by atoms with Crippen molar-refractivity contribution in [2.24, 2.45) is 0 Å². The predicted octanol–water partition coefficient (Wildman–Crippen LogP) is 4.31. The maximum Gasteiger partial charge on any atom is 0.405 e. The Balaban J connectivity index is 1.83. The number of rotatable bonds is 6. The molecule has 0 bridgehead atoms. The Kier molecular flexibility index (Phi) is 8.07. The van der Waals surface area contributed by atoms with E-state index in [9.17, 15) is 14.7 Å². The molecule has 1 aliphatic heterocycles. The van der Waals surface area contributed by atoms with Gasteiger partial charge < -0.3 is 30.8 Å². The number of carbonyl (C=O) groups is 2. The van der Waals surface area contributed by atoms with Crippen molar-refractivity contribution in [3.63, 3.8) is 0 Å². The van der Waals surface area contributed by atoms with Gasteiger partial charge in [0.2, 0.25) is 0 Å². The molecule has 190 valence electrons. The van der Waals surface area contributed by atoms with E-state index in [0.717, 1.165) is 5.69 Å². The summed E-state index contributed by atoms with van der Waals surface area (Å²) in [6.07, 6.45) is 2.48. The van der Waals surface area contributed by atoms with Gasteiger partial charge in [0.05, 0.1) is 35.4 Å². The molecule has 3 heterocycles. The molecule has 1 saturated heterocycles. The van der Waals surface area contributed by atoms with Crippen LogP contribution < -0.4 is 21.3 Å². The maximum atomic E-state index is 12.9. The average molecular weight is 566 g/mol. The van der Waals surface area contributed by atoms with E-state index in [0.29, 0.717) is 29.8 Å². The number of hydrogen-bond acceptors (Lipinski definition) is 7. The normalized spacial score (nSPS) is 18.7. The first-order valence-electron chi connectivity index (χ1n) is 11.4. The fourth-order valence-corrected chi connectivity index (χ4v) is 5.41. The van der Waals surface area contributed by atoms with Gasteiger partial charge in [0.15, 0.2) is 14.0 Å². The van der Waals surface area contributed by atoms with E-state index in [1.165, 1.54) is 0 Å². The van der Waals surface area contributed by atoms with Gasteiger partial charge in [0.25, 0.3) is 5.91 Å². The zero-order valence-corrected chi connectivity index (χ0v) is 23.2. The minimum absolute atomic E-state index is 0.00275. The van der Waals surface area contributed by atoms with Crippen LogP contribution in [0.5, 0.6) is 0 Å². The third kappa shape index (κ3) is 6.50. The molecule has 3 rings (SSSR count). The summed E-state index contributed by atoms with van der Waals surface area (Å²) in [4.78, 5) is 34.9. The Morgan fingerprint density at radius 1 is 1.29 bits per heavy atom. The van der Waals surface area contributed by atoms with E-state index in [1.54, 1.807) is 30.6 Å². The van der Waals surface area contributed by atoms with Crippen molar-refractivity contribution < 1.29 is 19.1 Å². The molecule has 0 radical (unpaired) electrons. The van der Waals surface area contributed by atoms with Crippen LogP contribution in [-0.4, -0.2) is 60.6 Å². The first-order valence-corrected chi connectivity index (χ1v) is 15.1. The fraction of sp³-hybridized carbons (Fsp3) is 0.478. The summed E-state index contributed by atoms with van der Waals surface area (Å²) in [6, 6.07) is 4.62. The van der Waals surface area contributed by atoms with Gasteiger partial charge in [-0.1, -0.05) is 20.8 Å². The molecule has 0 aromatic carbocycles. The van der Waals surface area contributed by atoms with Crippen LogP contribution in [0.3, 0.4) is 0 Å². The lowest BCUT2D eigenvalue weighted by molar-refractivity contribution is 0.102. The first-order chi connectivity index (χ1) is 16.3. The van der Waals surface area contributed by atoms with E-state index < -0.39 is 26.4 Å². The number of nitrogen functional groups attached to an aromatic ring is 1. The van der Waals surface area contributed by atoms with E-state index in [2.05, 4.69) is 70.4 Å². The van der Waals surface area contributed by atoms with Crippen LogP contribution in [0.2, 0.25) is 18.1 Å². The highest BCUT2D eigenvalue weighted by Crippen LogP contribution is 2.39. The molecular formula is C23H33BrN6O4Si. The summed E-state index contributed by atoms with van der Waals surface area (Å²) in [7, 11) is -2.11. The van der Waals surface area contributed by atoms with Crippen LogP contribution >= 0.6 is 15.9 Å². The summed E-state index contributed by atoms with van der Waals surface area (Å²) in [5.41, 5.74) is 7.50. The second kappa shape index (κ2) is 10.5. The molecule has 0 saturated carbocycles. The van der Waals surface area contributed by atoms with Crippen LogP contribution in [0.25, 0.3) is 0 Å². The Morgan fingerprint density at radius 3 is 2.66 bits per heavy atom. The lowest BCUT2D eigenvalue weighted by atomic mass is 10.0. The molecule has 10 nitrogen and oxygen atoms in total. The first kappa shape index (κ1) is 26.9. The average Bonchev–Trinajstić information content (AvgIpc) is 2.75. The topological polar surface area (TPSA) is 143 Å². The van der Waals surface area contributed by atoms with Crippen molar-refractivity contribution in [3.05, 3.63) is 40.9 Å². The van der Waals surface area contributed by atoms with Crippen molar-refractivity contribution in [1.29, 1.82) is 0 Å². The quantitative estimate of drug-likeness (QED) is 0.300. The molecule has 1 fully saturated rings. The molecule has 35 heavy (non-hydrogen) atoms. The van der Waals surface area contributed by atoms with Crippen molar-refractivity contribution in [2.75, 3.05) is 29.0 Å². The van der Waals surface area contributed by atoms with E-state index in [4.69, 9.17) is 10.2 Å². The van der Waals surface area contributed by atoms with Crippen LogP contribution in [0.15, 0.2) is 35.2 Å². The molecule has 2 unspecified atom stereocenters. The van der Waals surface area contributed by atoms with Crippen molar-refractivity contribution >= 4 is 53.3 Å². The summed E-state index contributed by atoms with van der Waals surface area (Å²) < 4.78 is 7.09. The van der Waals surface area contributed by atoms with Gasteiger partial charge in [0.1, 0.15) is 4.60 Å². The molecule has 2 amide bonds. The maximum absolute atomic E-state index is 12.9. The van der Waals surface area contributed by atoms with Crippen LogP contribution in [0.1, 0.15) is 37.7 Å². The fourth-order valence-electron chi connectivity index (χ4n) is 3.71. The van der Waals surface area contributed by atoms with Crippen molar-refractivity contribution in [3.8, 4) is 0 Å². The van der Waals surface area contributed by atoms with Gasteiger partial charge >= 0.3 is 6.09 Å². The molecule has 5 N–H and O–H groups in total. The van der Waals surface area contributed by atoms with Crippen LogP contribution in [0.4, 0.5) is 21.9 Å². The molecule has 0 spiro atoms. The monoisotopic (exact) mass is 564 g/mol. The number of carbonyl (C=O) groups excluding carboxylic acids is 1. The second-order valence-corrected chi connectivity index (χ2v) is 15.7. The molecular weight excluding hydrogens is 532 g/mol. The third-order valence-corrected chi connectivity index (χ3v) is 11.6. The highest BCUT2D eigenvalue weighted by molar-refractivity contribution is 9.10. The van der Waals surface area contributed by atoms with Gasteiger partial charge in [0, 0.05) is 19.3 Å². The molecule has 1 aliphatic rings. The number of carboxylic acid groups (broad SMARTS) is 1. The Labute approximate surface area is 214 Å². The van der Waals surface area contributed by atoms with Crippen LogP contribution in [0, 0.1) is 0 Å². The predicted molar refractivity (Wildman–Crippen MR) is 142 cm³/mol. The number of halogens is 1. The molecule has 0 aliphatic carbocycles.